The zero-order valence-corrected chi connectivity index (χ0v) is 25.5. The van der Waals surface area contributed by atoms with E-state index in [1.54, 1.807) is 0 Å². The van der Waals surface area contributed by atoms with Gasteiger partial charge in [-0.15, -0.1) is 0 Å². The molecule has 0 aromatic rings. The van der Waals surface area contributed by atoms with Crippen molar-refractivity contribution < 1.29 is 23.1 Å². The topological polar surface area (TPSA) is 54.0 Å². The van der Waals surface area contributed by atoms with Crippen LogP contribution in [-0.4, -0.2) is 54.1 Å². The summed E-state index contributed by atoms with van der Waals surface area (Å²) in [6, 6.07) is 0. The lowest BCUT2D eigenvalue weighted by molar-refractivity contribution is -0.140. The van der Waals surface area contributed by atoms with Gasteiger partial charge in [0.15, 0.2) is 16.6 Å². The summed E-state index contributed by atoms with van der Waals surface area (Å²) in [5.74, 6) is 1.08. The maximum absolute atomic E-state index is 11.4. The summed E-state index contributed by atoms with van der Waals surface area (Å²) < 4.78 is 24.7. The average Bonchev–Trinajstić information content (AvgIpc) is 3.24. The van der Waals surface area contributed by atoms with Crippen LogP contribution in [0.3, 0.4) is 0 Å². The number of hydrogen-bond acceptors (Lipinski definition) is 5. The van der Waals surface area contributed by atoms with E-state index in [0.717, 1.165) is 38.5 Å². The maximum Gasteiger partial charge on any atom is 0.305 e. The molecule has 1 heterocycles. The zero-order chi connectivity index (χ0) is 25.4. The van der Waals surface area contributed by atoms with Gasteiger partial charge in [-0.05, 0) is 96.1 Å². The third kappa shape index (κ3) is 10.8. The second-order valence-electron chi connectivity index (χ2n) is 12.6. The molecule has 0 N–H and O–H groups in total. The zero-order valence-electron chi connectivity index (χ0n) is 23.5. The van der Waals surface area contributed by atoms with Gasteiger partial charge in [-0.2, -0.15) is 0 Å². The smallest absolute Gasteiger partial charge is 0.305 e. The predicted molar refractivity (Wildman–Crippen MR) is 145 cm³/mol. The van der Waals surface area contributed by atoms with Gasteiger partial charge in [0.05, 0.1) is 25.4 Å². The van der Waals surface area contributed by atoms with Crippen LogP contribution in [0.5, 0.6) is 0 Å². The van der Waals surface area contributed by atoms with Crippen LogP contribution in [0.15, 0.2) is 0 Å². The Bertz CT molecular complexity index is 601. The standard InChI is InChI=1S/C27H54O5Si2/c1-9-10-11-14-21(31-33(3,4)5)17-18-23-24-19-22(15-12-13-16-27(28)29-2)30-25(24)20-26(23)32-34(6,7)8/h21-26H,9-20H2,1-8H3/t21-,22?,23+,24+,25?,26?/m0/s1. The van der Waals surface area contributed by atoms with Gasteiger partial charge in [-0.25, -0.2) is 0 Å². The first-order valence-electron chi connectivity index (χ1n) is 14.0. The monoisotopic (exact) mass is 514 g/mol. The minimum Gasteiger partial charge on any atom is -0.469 e. The molecule has 2 fully saturated rings. The molecule has 6 atom stereocenters. The summed E-state index contributed by atoms with van der Waals surface area (Å²) in [6.07, 6.45) is 14.4. The van der Waals surface area contributed by atoms with Crippen LogP contribution < -0.4 is 0 Å². The molecular weight excluding hydrogens is 460 g/mol. The minimum absolute atomic E-state index is 0.107. The van der Waals surface area contributed by atoms with Crippen LogP contribution in [0.25, 0.3) is 0 Å². The number of carbonyl (C=O) groups is 1. The Labute approximate surface area is 212 Å². The van der Waals surface area contributed by atoms with Gasteiger partial charge >= 0.3 is 5.97 Å². The molecule has 1 saturated carbocycles. The van der Waals surface area contributed by atoms with Gasteiger partial charge in [0.2, 0.25) is 0 Å². The van der Waals surface area contributed by atoms with Crippen LogP contribution in [0, 0.1) is 11.8 Å². The fraction of sp³-hybridized carbons (Fsp3) is 0.963. The molecule has 2 rings (SSSR count). The number of methoxy groups -OCH3 is 1. The van der Waals surface area contributed by atoms with E-state index in [1.807, 2.05) is 0 Å². The van der Waals surface area contributed by atoms with E-state index in [1.165, 1.54) is 39.2 Å². The molecule has 0 spiro atoms. The molecule has 0 radical (unpaired) electrons. The van der Waals surface area contributed by atoms with E-state index < -0.39 is 16.6 Å². The van der Waals surface area contributed by atoms with Gasteiger partial charge < -0.3 is 18.3 Å². The molecule has 1 aliphatic carbocycles. The van der Waals surface area contributed by atoms with Gasteiger partial charge in [0, 0.05) is 12.5 Å². The molecule has 0 aromatic carbocycles. The summed E-state index contributed by atoms with van der Waals surface area (Å²) in [7, 11) is -1.71. The Morgan fingerprint density at radius 2 is 1.68 bits per heavy atom. The Balaban J connectivity index is 1.96. The number of unbranched alkanes of at least 4 members (excludes halogenated alkanes) is 3. The fourth-order valence-electron chi connectivity index (χ4n) is 5.90. The molecule has 5 nitrogen and oxygen atoms in total. The van der Waals surface area contributed by atoms with Gasteiger partial charge in [0.25, 0.3) is 0 Å². The highest BCUT2D eigenvalue weighted by molar-refractivity contribution is 6.70. The van der Waals surface area contributed by atoms with Crippen molar-refractivity contribution >= 4 is 22.6 Å². The van der Waals surface area contributed by atoms with Crippen LogP contribution in [0.2, 0.25) is 39.3 Å². The van der Waals surface area contributed by atoms with Gasteiger partial charge in [0.1, 0.15) is 0 Å². The quantitative estimate of drug-likeness (QED) is 0.123. The molecule has 2 aliphatic rings. The van der Waals surface area contributed by atoms with Crippen molar-refractivity contribution in [2.24, 2.45) is 11.8 Å². The number of rotatable bonds is 16. The minimum atomic E-state index is -1.61. The van der Waals surface area contributed by atoms with Crippen LogP contribution in [0.4, 0.5) is 0 Å². The molecule has 0 amide bonds. The van der Waals surface area contributed by atoms with Gasteiger partial charge in [-0.3, -0.25) is 4.79 Å². The van der Waals surface area contributed by atoms with E-state index in [-0.39, 0.29) is 5.97 Å². The molecule has 7 heteroatoms. The molecule has 1 saturated heterocycles. The van der Waals surface area contributed by atoms with E-state index in [4.69, 9.17) is 18.3 Å². The highest BCUT2D eigenvalue weighted by atomic mass is 28.4. The Kier molecular flexibility index (Phi) is 12.3. The van der Waals surface area contributed by atoms with E-state index in [2.05, 4.69) is 46.2 Å². The molecule has 200 valence electrons. The average molecular weight is 515 g/mol. The van der Waals surface area contributed by atoms with Crippen molar-refractivity contribution in [1.29, 1.82) is 0 Å². The summed E-state index contributed by atoms with van der Waals surface area (Å²) in [5, 5.41) is 0. The van der Waals surface area contributed by atoms with E-state index in [0.29, 0.717) is 42.7 Å². The molecule has 0 bridgehead atoms. The number of carbonyl (C=O) groups excluding carboxylic acids is 1. The highest BCUT2D eigenvalue weighted by Gasteiger charge is 2.50. The van der Waals surface area contributed by atoms with E-state index >= 15 is 0 Å². The normalized spacial score (nSPS) is 28.2. The Morgan fingerprint density at radius 1 is 0.941 bits per heavy atom. The third-order valence-corrected chi connectivity index (χ3v) is 9.28. The van der Waals surface area contributed by atoms with Crippen molar-refractivity contribution in [3.63, 3.8) is 0 Å². The number of esters is 1. The van der Waals surface area contributed by atoms with Crippen molar-refractivity contribution in [3.8, 4) is 0 Å². The van der Waals surface area contributed by atoms with Crippen molar-refractivity contribution in [2.75, 3.05) is 7.11 Å². The molecular formula is C27H54O5Si2. The van der Waals surface area contributed by atoms with Crippen LogP contribution in [-0.2, 0) is 23.1 Å². The Morgan fingerprint density at radius 3 is 2.29 bits per heavy atom. The summed E-state index contributed by atoms with van der Waals surface area (Å²) >= 11 is 0. The van der Waals surface area contributed by atoms with Crippen LogP contribution >= 0.6 is 0 Å². The third-order valence-electron chi connectivity index (χ3n) is 7.23. The number of hydrogen-bond donors (Lipinski definition) is 0. The van der Waals surface area contributed by atoms with Crippen molar-refractivity contribution in [3.05, 3.63) is 0 Å². The highest BCUT2D eigenvalue weighted by Crippen LogP contribution is 2.48. The molecule has 34 heavy (non-hydrogen) atoms. The number of fused-ring (bicyclic) bond motifs is 1. The molecule has 3 unspecified atom stereocenters. The maximum atomic E-state index is 11.4. The lowest BCUT2D eigenvalue weighted by Gasteiger charge is -2.32. The summed E-state index contributed by atoms with van der Waals surface area (Å²) in [6.45, 7) is 16.2. The van der Waals surface area contributed by atoms with Crippen LogP contribution in [0.1, 0.15) is 84.0 Å². The SMILES string of the molecule is CCCCC[C@@H](CC[C@H]1C(O[Si](C)(C)C)CC2OC(CCCCC(=O)OC)C[C@@H]21)O[Si](C)(C)C. The second kappa shape index (κ2) is 13.9. The van der Waals surface area contributed by atoms with E-state index in [9.17, 15) is 4.79 Å². The molecule has 0 aromatic heterocycles. The van der Waals surface area contributed by atoms with Crippen molar-refractivity contribution in [1.82, 2.24) is 0 Å². The second-order valence-corrected chi connectivity index (χ2v) is 21.5. The summed E-state index contributed by atoms with van der Waals surface area (Å²) in [5.41, 5.74) is 0. The lowest BCUT2D eigenvalue weighted by Crippen LogP contribution is -2.36. The fourth-order valence-corrected chi connectivity index (χ4v) is 8.32. The lowest BCUT2D eigenvalue weighted by atomic mass is 9.85. The summed E-state index contributed by atoms with van der Waals surface area (Å²) in [4.78, 5) is 11.4. The number of ether oxygens (including phenoxy) is 2. The first-order chi connectivity index (χ1) is 15.9. The Hall–Kier alpha value is -0.216. The first kappa shape index (κ1) is 30.0. The van der Waals surface area contributed by atoms with Crippen molar-refractivity contribution in [2.45, 2.75) is 148 Å². The largest absolute Gasteiger partial charge is 0.469 e. The first-order valence-corrected chi connectivity index (χ1v) is 20.8. The van der Waals surface area contributed by atoms with Gasteiger partial charge in [-0.1, -0.05) is 32.6 Å². The predicted octanol–water partition coefficient (Wildman–Crippen LogP) is 7.31. The molecule has 1 aliphatic heterocycles.